The summed E-state index contributed by atoms with van der Waals surface area (Å²) < 4.78 is 16.2. The van der Waals surface area contributed by atoms with Gasteiger partial charge in [-0.1, -0.05) is 12.1 Å². The van der Waals surface area contributed by atoms with Crippen LogP contribution in [0.5, 0.6) is 0 Å². The molecule has 1 aromatic carbocycles. The lowest BCUT2D eigenvalue weighted by molar-refractivity contribution is -0.145. The molecule has 0 aromatic heterocycles. The van der Waals surface area contributed by atoms with Gasteiger partial charge in [0.1, 0.15) is 6.61 Å². The van der Waals surface area contributed by atoms with Crippen molar-refractivity contribution in [2.24, 2.45) is 0 Å². The lowest BCUT2D eigenvalue weighted by Crippen LogP contribution is -2.32. The molecule has 2 aliphatic heterocycles. The molecule has 0 saturated carbocycles. The molecule has 2 fully saturated rings. The Kier molecular flexibility index (Phi) is 4.84. The van der Waals surface area contributed by atoms with Crippen LogP contribution in [0.1, 0.15) is 31.9 Å². The first kappa shape index (κ1) is 16.2. The third-order valence-electron chi connectivity index (χ3n) is 4.39. The highest BCUT2D eigenvalue weighted by atomic mass is 16.7. The molecule has 0 unspecified atom stereocenters. The van der Waals surface area contributed by atoms with Crippen LogP contribution in [0.3, 0.4) is 0 Å². The van der Waals surface area contributed by atoms with Gasteiger partial charge < -0.3 is 19.5 Å². The van der Waals surface area contributed by atoms with Crippen molar-refractivity contribution in [2.45, 2.75) is 32.1 Å². The number of nitrogens with zero attached hydrogens (tertiary/aromatic N) is 1. The number of cyclic esters (lactones) is 1. The predicted molar refractivity (Wildman–Crippen MR) is 86.5 cm³/mol. The second-order valence-corrected chi connectivity index (χ2v) is 6.11. The van der Waals surface area contributed by atoms with E-state index in [4.69, 9.17) is 14.2 Å². The first-order chi connectivity index (χ1) is 11.1. The van der Waals surface area contributed by atoms with E-state index >= 15 is 0 Å². The van der Waals surface area contributed by atoms with Crippen molar-refractivity contribution in [3.63, 3.8) is 0 Å². The van der Waals surface area contributed by atoms with Gasteiger partial charge in [-0.3, -0.25) is 4.90 Å². The van der Waals surface area contributed by atoms with Gasteiger partial charge in [-0.15, -0.1) is 0 Å². The number of benzene rings is 1. The van der Waals surface area contributed by atoms with Gasteiger partial charge in [0.15, 0.2) is 5.79 Å². The minimum absolute atomic E-state index is 0.222. The second kappa shape index (κ2) is 6.86. The van der Waals surface area contributed by atoms with E-state index in [2.05, 4.69) is 12.2 Å². The fourth-order valence-corrected chi connectivity index (χ4v) is 2.91. The van der Waals surface area contributed by atoms with Gasteiger partial charge in [-0.05, 0) is 31.5 Å². The summed E-state index contributed by atoms with van der Waals surface area (Å²) in [6.07, 6.45) is 0.545. The highest BCUT2D eigenvalue weighted by Gasteiger charge is 2.30. The largest absolute Gasteiger partial charge is 0.447 e. The molecule has 2 aliphatic rings. The molecule has 3 rings (SSSR count). The summed E-state index contributed by atoms with van der Waals surface area (Å²) in [5.74, 6) is -0.452. The van der Waals surface area contributed by atoms with Gasteiger partial charge in [-0.25, -0.2) is 4.79 Å². The molecule has 1 N–H and O–H groups in total. The molecule has 1 amide bonds. The number of amides is 1. The van der Waals surface area contributed by atoms with Crippen molar-refractivity contribution >= 4 is 11.8 Å². The molecule has 1 aromatic rings. The summed E-state index contributed by atoms with van der Waals surface area (Å²) in [5, 5.41) is 3.48. The molecule has 0 spiro atoms. The molecule has 23 heavy (non-hydrogen) atoms. The highest BCUT2D eigenvalue weighted by Crippen LogP contribution is 2.24. The minimum atomic E-state index is -0.452. The predicted octanol–water partition coefficient (Wildman–Crippen LogP) is 2.45. The maximum absolute atomic E-state index is 11.6. The summed E-state index contributed by atoms with van der Waals surface area (Å²) in [6.45, 7) is 7.34. The summed E-state index contributed by atoms with van der Waals surface area (Å²) in [5.41, 5.74) is 2.06. The standard InChI is InChI=1S/C17H24N2O4/c1-13(18-8-7-17(2)22-11-12-23-17)14-3-5-15(6-4-14)19-9-10-21-16(19)20/h3-6,13,18H,7-12H2,1-2H3/t13-/m1/s1. The third kappa shape index (κ3) is 3.83. The Hall–Kier alpha value is -1.63. The van der Waals surface area contributed by atoms with Crippen LogP contribution in [-0.2, 0) is 14.2 Å². The molecule has 2 saturated heterocycles. The van der Waals surface area contributed by atoms with E-state index in [-0.39, 0.29) is 12.1 Å². The van der Waals surface area contributed by atoms with Crippen LogP contribution in [0.15, 0.2) is 24.3 Å². The lowest BCUT2D eigenvalue weighted by atomic mass is 10.1. The maximum Gasteiger partial charge on any atom is 0.414 e. The van der Waals surface area contributed by atoms with E-state index in [0.717, 1.165) is 18.7 Å². The molecule has 2 heterocycles. The topological polar surface area (TPSA) is 60.0 Å². The summed E-state index contributed by atoms with van der Waals surface area (Å²) >= 11 is 0. The van der Waals surface area contributed by atoms with Crippen molar-refractivity contribution in [2.75, 3.05) is 37.8 Å². The Labute approximate surface area is 136 Å². The van der Waals surface area contributed by atoms with Crippen molar-refractivity contribution < 1.29 is 19.0 Å². The monoisotopic (exact) mass is 320 g/mol. The number of carbonyl (C=O) groups excluding carboxylic acids is 1. The summed E-state index contributed by atoms with van der Waals surface area (Å²) in [6, 6.07) is 8.24. The van der Waals surface area contributed by atoms with Gasteiger partial charge in [0, 0.05) is 24.7 Å². The average molecular weight is 320 g/mol. The van der Waals surface area contributed by atoms with Crippen LogP contribution in [0.25, 0.3) is 0 Å². The zero-order chi connectivity index (χ0) is 16.3. The maximum atomic E-state index is 11.6. The molecule has 6 nitrogen and oxygen atoms in total. The smallest absolute Gasteiger partial charge is 0.414 e. The number of hydrogen-bond donors (Lipinski definition) is 1. The Morgan fingerprint density at radius 3 is 2.52 bits per heavy atom. The Balaban J connectivity index is 1.51. The fraction of sp³-hybridized carbons (Fsp3) is 0.588. The van der Waals surface area contributed by atoms with Gasteiger partial charge >= 0.3 is 6.09 Å². The quantitative estimate of drug-likeness (QED) is 0.872. The van der Waals surface area contributed by atoms with E-state index in [1.165, 1.54) is 5.56 Å². The molecule has 6 heteroatoms. The van der Waals surface area contributed by atoms with Crippen molar-refractivity contribution in [3.05, 3.63) is 29.8 Å². The van der Waals surface area contributed by atoms with Gasteiger partial charge in [-0.2, -0.15) is 0 Å². The number of carbonyl (C=O) groups is 1. The average Bonchev–Trinajstić information content (AvgIpc) is 3.16. The van der Waals surface area contributed by atoms with Crippen molar-refractivity contribution in [1.82, 2.24) is 5.32 Å². The first-order valence-corrected chi connectivity index (χ1v) is 8.13. The van der Waals surface area contributed by atoms with Crippen molar-refractivity contribution in [3.8, 4) is 0 Å². The normalized spacial score (nSPS) is 21.5. The number of nitrogens with one attached hydrogen (secondary N) is 1. The Morgan fingerprint density at radius 2 is 1.91 bits per heavy atom. The number of hydrogen-bond acceptors (Lipinski definition) is 5. The molecular weight excluding hydrogens is 296 g/mol. The minimum Gasteiger partial charge on any atom is -0.447 e. The van der Waals surface area contributed by atoms with Crippen molar-refractivity contribution in [1.29, 1.82) is 0 Å². The zero-order valence-electron chi connectivity index (χ0n) is 13.7. The third-order valence-corrected chi connectivity index (χ3v) is 4.39. The molecule has 0 radical (unpaired) electrons. The highest BCUT2D eigenvalue weighted by molar-refractivity contribution is 5.89. The number of anilines is 1. The molecular formula is C17H24N2O4. The van der Waals surface area contributed by atoms with Crippen LogP contribution in [0.4, 0.5) is 10.5 Å². The van der Waals surface area contributed by atoms with E-state index in [1.807, 2.05) is 31.2 Å². The SMILES string of the molecule is C[C@@H](NCCC1(C)OCCO1)c1ccc(N2CCOC2=O)cc1. The Morgan fingerprint density at radius 1 is 1.22 bits per heavy atom. The summed E-state index contributed by atoms with van der Waals surface area (Å²) in [4.78, 5) is 13.2. The van der Waals surface area contributed by atoms with E-state index in [9.17, 15) is 4.79 Å². The van der Waals surface area contributed by atoms with E-state index in [0.29, 0.717) is 26.4 Å². The van der Waals surface area contributed by atoms with Crippen LogP contribution >= 0.6 is 0 Å². The fourth-order valence-electron chi connectivity index (χ4n) is 2.91. The van der Waals surface area contributed by atoms with Crippen LogP contribution < -0.4 is 10.2 Å². The zero-order valence-corrected chi connectivity index (χ0v) is 13.7. The van der Waals surface area contributed by atoms with Gasteiger partial charge in [0.05, 0.1) is 19.8 Å². The Bertz CT molecular complexity index is 540. The van der Waals surface area contributed by atoms with Crippen LogP contribution in [-0.4, -0.2) is 44.8 Å². The molecule has 0 aliphatic carbocycles. The van der Waals surface area contributed by atoms with Crippen LogP contribution in [0.2, 0.25) is 0 Å². The van der Waals surface area contributed by atoms with E-state index < -0.39 is 5.79 Å². The van der Waals surface area contributed by atoms with Crippen LogP contribution in [0, 0.1) is 0 Å². The second-order valence-electron chi connectivity index (χ2n) is 6.11. The number of rotatable bonds is 6. The van der Waals surface area contributed by atoms with Gasteiger partial charge in [0.25, 0.3) is 0 Å². The molecule has 0 bridgehead atoms. The molecule has 126 valence electrons. The summed E-state index contributed by atoms with van der Waals surface area (Å²) in [7, 11) is 0. The first-order valence-electron chi connectivity index (χ1n) is 8.13. The van der Waals surface area contributed by atoms with E-state index in [1.54, 1.807) is 4.90 Å². The lowest BCUT2D eigenvalue weighted by Gasteiger charge is -2.24. The number of ether oxygens (including phenoxy) is 3. The van der Waals surface area contributed by atoms with Gasteiger partial charge in [0.2, 0.25) is 0 Å². The molecule has 1 atom stereocenters.